The standard InChI is InChI=1S/C7H13N3/c1-8-7-5-3-4-6-10(7)9-2/h3-9H,1-2H3. The van der Waals surface area contributed by atoms with Gasteiger partial charge in [0.1, 0.15) is 6.17 Å². The van der Waals surface area contributed by atoms with E-state index in [1.165, 1.54) is 0 Å². The lowest BCUT2D eigenvalue weighted by Gasteiger charge is -2.28. The second-order valence-corrected chi connectivity index (χ2v) is 2.09. The first-order chi connectivity index (χ1) is 4.88. The van der Waals surface area contributed by atoms with Crippen molar-refractivity contribution in [2.45, 2.75) is 6.17 Å². The molecule has 0 fully saturated rings. The molecule has 0 aromatic rings. The second kappa shape index (κ2) is 3.39. The van der Waals surface area contributed by atoms with Gasteiger partial charge in [0.25, 0.3) is 0 Å². The molecule has 0 saturated heterocycles. The maximum absolute atomic E-state index is 3.13. The lowest BCUT2D eigenvalue weighted by atomic mass is 10.3. The summed E-state index contributed by atoms with van der Waals surface area (Å²) in [5.74, 6) is 0. The monoisotopic (exact) mass is 139 g/mol. The van der Waals surface area contributed by atoms with Crippen LogP contribution in [0.25, 0.3) is 0 Å². The van der Waals surface area contributed by atoms with Crippen molar-refractivity contribution in [2.24, 2.45) is 0 Å². The molecule has 1 heterocycles. The highest BCUT2D eigenvalue weighted by atomic mass is 15.5. The van der Waals surface area contributed by atoms with Crippen LogP contribution in [0.15, 0.2) is 24.4 Å². The Bertz CT molecular complexity index is 133. The minimum Gasteiger partial charge on any atom is -0.296 e. The van der Waals surface area contributed by atoms with Gasteiger partial charge in [0, 0.05) is 13.2 Å². The molecule has 1 aliphatic rings. The largest absolute Gasteiger partial charge is 0.296 e. The number of nitrogens with one attached hydrogen (secondary N) is 2. The van der Waals surface area contributed by atoms with Gasteiger partial charge in [0.2, 0.25) is 0 Å². The van der Waals surface area contributed by atoms with Crippen molar-refractivity contribution >= 4 is 0 Å². The van der Waals surface area contributed by atoms with E-state index < -0.39 is 0 Å². The Hall–Kier alpha value is -0.800. The van der Waals surface area contributed by atoms with Crippen LogP contribution in [0.1, 0.15) is 0 Å². The van der Waals surface area contributed by atoms with Gasteiger partial charge in [-0.1, -0.05) is 6.08 Å². The Balaban J connectivity index is 2.55. The zero-order valence-electron chi connectivity index (χ0n) is 6.33. The van der Waals surface area contributed by atoms with Crippen LogP contribution in [0, 0.1) is 0 Å². The summed E-state index contributed by atoms with van der Waals surface area (Å²) in [5, 5.41) is 5.12. The van der Waals surface area contributed by atoms with Gasteiger partial charge >= 0.3 is 0 Å². The molecule has 0 aliphatic carbocycles. The highest BCUT2D eigenvalue weighted by Gasteiger charge is 2.08. The smallest absolute Gasteiger partial charge is 0.113 e. The molecule has 0 radical (unpaired) electrons. The lowest BCUT2D eigenvalue weighted by Crippen LogP contribution is -2.46. The maximum atomic E-state index is 3.13. The lowest BCUT2D eigenvalue weighted by molar-refractivity contribution is 0.223. The van der Waals surface area contributed by atoms with E-state index in [1.807, 2.05) is 37.5 Å². The van der Waals surface area contributed by atoms with Crippen LogP contribution in [-0.4, -0.2) is 25.3 Å². The summed E-state index contributed by atoms with van der Waals surface area (Å²) in [4.78, 5) is 0. The molecule has 0 aromatic carbocycles. The molecule has 0 amide bonds. The highest BCUT2D eigenvalue weighted by Crippen LogP contribution is 2.00. The Kier molecular flexibility index (Phi) is 2.48. The summed E-state index contributed by atoms with van der Waals surface area (Å²) in [5.41, 5.74) is 3.04. The average Bonchev–Trinajstić information content (AvgIpc) is 2.04. The molecule has 1 rings (SSSR count). The van der Waals surface area contributed by atoms with Crippen LogP contribution < -0.4 is 10.7 Å². The van der Waals surface area contributed by atoms with Crippen LogP contribution in [0.2, 0.25) is 0 Å². The second-order valence-electron chi connectivity index (χ2n) is 2.09. The predicted octanol–water partition coefficient (Wildman–Crippen LogP) is 0.0518. The quantitative estimate of drug-likeness (QED) is 0.566. The van der Waals surface area contributed by atoms with Gasteiger partial charge in [-0.2, -0.15) is 0 Å². The Morgan fingerprint density at radius 1 is 1.30 bits per heavy atom. The van der Waals surface area contributed by atoms with Crippen molar-refractivity contribution in [2.75, 3.05) is 14.1 Å². The fraction of sp³-hybridized carbons (Fsp3) is 0.429. The van der Waals surface area contributed by atoms with Gasteiger partial charge < -0.3 is 0 Å². The fourth-order valence-corrected chi connectivity index (χ4v) is 0.946. The van der Waals surface area contributed by atoms with Crippen LogP contribution >= 0.6 is 0 Å². The van der Waals surface area contributed by atoms with Gasteiger partial charge in [-0.15, -0.1) is 0 Å². The maximum Gasteiger partial charge on any atom is 0.113 e. The molecule has 0 aromatic heterocycles. The summed E-state index contributed by atoms with van der Waals surface area (Å²) in [7, 11) is 3.83. The number of hydrogen-bond acceptors (Lipinski definition) is 3. The minimum atomic E-state index is 0.273. The van der Waals surface area contributed by atoms with Crippen LogP contribution in [0.3, 0.4) is 0 Å². The van der Waals surface area contributed by atoms with Crippen molar-refractivity contribution in [1.82, 2.24) is 15.8 Å². The van der Waals surface area contributed by atoms with E-state index in [9.17, 15) is 0 Å². The molecule has 3 heteroatoms. The number of hydrazine groups is 1. The Morgan fingerprint density at radius 3 is 2.60 bits per heavy atom. The molecule has 0 bridgehead atoms. The van der Waals surface area contributed by atoms with Crippen molar-refractivity contribution < 1.29 is 0 Å². The van der Waals surface area contributed by atoms with E-state index in [4.69, 9.17) is 0 Å². The molecule has 0 spiro atoms. The van der Waals surface area contributed by atoms with Gasteiger partial charge in [-0.3, -0.25) is 10.3 Å². The Labute approximate surface area is 61.4 Å². The van der Waals surface area contributed by atoms with Crippen LogP contribution in [0.4, 0.5) is 0 Å². The molecule has 0 saturated carbocycles. The molecular weight excluding hydrogens is 126 g/mol. The third-order valence-corrected chi connectivity index (χ3v) is 1.50. The van der Waals surface area contributed by atoms with Crippen molar-refractivity contribution in [1.29, 1.82) is 0 Å². The SMILES string of the molecule is CNC1C=CC=CN1NC. The molecule has 2 N–H and O–H groups in total. The summed E-state index contributed by atoms with van der Waals surface area (Å²) in [6.07, 6.45) is 8.35. The summed E-state index contributed by atoms with van der Waals surface area (Å²) in [6, 6.07) is 0. The number of allylic oxidation sites excluding steroid dienone is 2. The van der Waals surface area contributed by atoms with E-state index in [0.29, 0.717) is 0 Å². The third-order valence-electron chi connectivity index (χ3n) is 1.50. The summed E-state index contributed by atoms with van der Waals surface area (Å²) in [6.45, 7) is 0. The number of hydrogen-bond donors (Lipinski definition) is 2. The van der Waals surface area contributed by atoms with E-state index in [0.717, 1.165) is 0 Å². The molecule has 1 aliphatic heterocycles. The van der Waals surface area contributed by atoms with Gasteiger partial charge in [0.15, 0.2) is 0 Å². The van der Waals surface area contributed by atoms with Crippen LogP contribution in [0.5, 0.6) is 0 Å². The summed E-state index contributed by atoms with van der Waals surface area (Å²) >= 11 is 0. The molecular formula is C7H13N3. The number of nitrogens with zero attached hydrogens (tertiary/aromatic N) is 1. The predicted molar refractivity (Wildman–Crippen MR) is 42.0 cm³/mol. The molecule has 56 valence electrons. The zero-order valence-corrected chi connectivity index (χ0v) is 6.33. The van der Waals surface area contributed by atoms with Gasteiger partial charge in [-0.25, -0.2) is 5.43 Å². The first-order valence-electron chi connectivity index (χ1n) is 3.36. The van der Waals surface area contributed by atoms with Gasteiger partial charge in [0.05, 0.1) is 0 Å². The van der Waals surface area contributed by atoms with E-state index in [-0.39, 0.29) is 6.17 Å². The van der Waals surface area contributed by atoms with Crippen molar-refractivity contribution in [3.05, 3.63) is 24.4 Å². The normalized spacial score (nSPS) is 23.8. The van der Waals surface area contributed by atoms with E-state index >= 15 is 0 Å². The first kappa shape index (κ1) is 7.31. The average molecular weight is 139 g/mol. The first-order valence-corrected chi connectivity index (χ1v) is 3.36. The third kappa shape index (κ3) is 1.37. The molecule has 3 nitrogen and oxygen atoms in total. The zero-order chi connectivity index (χ0) is 7.40. The molecule has 1 unspecified atom stereocenters. The van der Waals surface area contributed by atoms with Gasteiger partial charge in [-0.05, 0) is 19.2 Å². The molecule has 10 heavy (non-hydrogen) atoms. The van der Waals surface area contributed by atoms with Crippen molar-refractivity contribution in [3.63, 3.8) is 0 Å². The number of rotatable bonds is 2. The highest BCUT2D eigenvalue weighted by molar-refractivity contribution is 5.11. The summed E-state index contributed by atoms with van der Waals surface area (Å²) < 4.78 is 0. The van der Waals surface area contributed by atoms with E-state index in [1.54, 1.807) is 0 Å². The van der Waals surface area contributed by atoms with Crippen LogP contribution in [-0.2, 0) is 0 Å². The topological polar surface area (TPSA) is 27.3 Å². The number of likely N-dealkylation sites (N-methyl/N-ethyl adjacent to an activating group) is 1. The fourth-order valence-electron chi connectivity index (χ4n) is 0.946. The van der Waals surface area contributed by atoms with Crippen molar-refractivity contribution in [3.8, 4) is 0 Å². The Morgan fingerprint density at radius 2 is 2.10 bits per heavy atom. The van der Waals surface area contributed by atoms with E-state index in [2.05, 4.69) is 16.8 Å². The minimum absolute atomic E-state index is 0.273. The molecule has 1 atom stereocenters.